The smallest absolute Gasteiger partial charge is 0.239 e. The van der Waals surface area contributed by atoms with E-state index in [0.29, 0.717) is 13.1 Å². The highest BCUT2D eigenvalue weighted by atomic mass is 32.2. The Morgan fingerprint density at radius 1 is 1.23 bits per heavy atom. The molecule has 1 N–H and O–H groups in total. The number of likely N-dealkylation sites (N-methyl/N-ethyl adjacent to an activating group) is 1. The van der Waals surface area contributed by atoms with Gasteiger partial charge < -0.3 is 10.2 Å². The molecule has 3 aromatic rings. The number of rotatable bonds is 8. The summed E-state index contributed by atoms with van der Waals surface area (Å²) < 4.78 is 1.99. The molecule has 3 rings (SSSR count). The van der Waals surface area contributed by atoms with E-state index >= 15 is 0 Å². The topological polar surface area (TPSA) is 62.3 Å². The third-order valence-corrected chi connectivity index (χ3v) is 6.74. The first kappa shape index (κ1) is 18.9. The van der Waals surface area contributed by atoms with Crippen LogP contribution in [0, 0.1) is 0 Å². The summed E-state index contributed by atoms with van der Waals surface area (Å²) in [6.07, 6.45) is 0. The van der Waals surface area contributed by atoms with Gasteiger partial charge in [-0.15, -0.1) is 22.7 Å². The Morgan fingerprint density at radius 3 is 2.81 bits per heavy atom. The van der Waals surface area contributed by atoms with Crippen molar-refractivity contribution in [3.05, 3.63) is 46.7 Å². The second-order valence-electron chi connectivity index (χ2n) is 5.50. The summed E-state index contributed by atoms with van der Waals surface area (Å²) in [4.78, 5) is 31.7. The van der Waals surface area contributed by atoms with Crippen LogP contribution < -0.4 is 5.32 Å². The lowest BCUT2D eigenvalue weighted by Crippen LogP contribution is -2.41. The number of carbonyl (C=O) groups is 2. The number of amides is 2. The van der Waals surface area contributed by atoms with E-state index in [1.54, 1.807) is 27.6 Å². The molecule has 0 saturated carbocycles. The average Bonchev–Trinajstić information content (AvgIpc) is 3.31. The minimum absolute atomic E-state index is 0.0528. The summed E-state index contributed by atoms with van der Waals surface area (Å²) in [5, 5.41) is 4.83. The molecule has 2 aromatic heterocycles. The molecule has 0 unspecified atom stereocenters. The van der Waals surface area contributed by atoms with Crippen molar-refractivity contribution < 1.29 is 9.59 Å². The van der Waals surface area contributed by atoms with Gasteiger partial charge in [-0.3, -0.25) is 9.59 Å². The Bertz CT molecular complexity index is 844. The first-order chi connectivity index (χ1) is 12.7. The monoisotopic (exact) mass is 405 g/mol. The number of thiazole rings is 1. The number of nitrogens with one attached hydrogen (secondary N) is 1. The standard InChI is InChI=1S/C18H19N3O2S3/c1-2-21(11-16(22)19-10-13-6-5-9-24-13)17(23)12-25-18-20-14-7-3-4-8-15(14)26-18/h3-9H,2,10-12H2,1H3,(H,19,22). The van der Waals surface area contributed by atoms with Crippen LogP contribution in [0.1, 0.15) is 11.8 Å². The van der Waals surface area contributed by atoms with Gasteiger partial charge in [0.25, 0.3) is 0 Å². The van der Waals surface area contributed by atoms with Crippen LogP contribution in [-0.2, 0) is 16.1 Å². The SMILES string of the molecule is CCN(CC(=O)NCc1cccs1)C(=O)CSc1nc2ccccc2s1. The van der Waals surface area contributed by atoms with Gasteiger partial charge in [0, 0.05) is 11.4 Å². The Morgan fingerprint density at radius 2 is 2.08 bits per heavy atom. The van der Waals surface area contributed by atoms with Crippen molar-refractivity contribution in [2.75, 3.05) is 18.8 Å². The molecule has 8 heteroatoms. The number of aromatic nitrogens is 1. The fourth-order valence-corrected chi connectivity index (χ4v) is 4.95. The average molecular weight is 406 g/mol. The molecule has 0 aliphatic heterocycles. The summed E-state index contributed by atoms with van der Waals surface area (Å²) in [7, 11) is 0. The third-order valence-electron chi connectivity index (χ3n) is 3.70. The Kier molecular flexibility index (Phi) is 6.65. The fraction of sp³-hybridized carbons (Fsp3) is 0.278. The van der Waals surface area contributed by atoms with Gasteiger partial charge in [-0.25, -0.2) is 4.98 Å². The first-order valence-electron chi connectivity index (χ1n) is 8.21. The Balaban J connectivity index is 1.48. The molecular weight excluding hydrogens is 386 g/mol. The molecule has 1 aromatic carbocycles. The summed E-state index contributed by atoms with van der Waals surface area (Å²) in [5.74, 6) is 0.0907. The second kappa shape index (κ2) is 9.16. The van der Waals surface area contributed by atoms with Crippen molar-refractivity contribution in [3.63, 3.8) is 0 Å². The van der Waals surface area contributed by atoms with Gasteiger partial charge in [-0.1, -0.05) is 30.0 Å². The van der Waals surface area contributed by atoms with E-state index in [1.165, 1.54) is 11.8 Å². The summed E-state index contributed by atoms with van der Waals surface area (Å²) in [6.45, 7) is 2.97. The molecule has 2 heterocycles. The van der Waals surface area contributed by atoms with Crippen LogP contribution in [-0.4, -0.2) is 40.5 Å². The normalized spacial score (nSPS) is 10.8. The van der Waals surface area contributed by atoms with Crippen LogP contribution in [0.15, 0.2) is 46.1 Å². The van der Waals surface area contributed by atoms with Gasteiger partial charge in [-0.05, 0) is 30.5 Å². The largest absolute Gasteiger partial charge is 0.350 e. The number of hydrogen-bond acceptors (Lipinski definition) is 6. The van der Waals surface area contributed by atoms with E-state index in [0.717, 1.165) is 19.4 Å². The number of para-hydroxylation sites is 1. The molecule has 0 spiro atoms. The first-order valence-corrected chi connectivity index (χ1v) is 10.9. The van der Waals surface area contributed by atoms with Crippen LogP contribution >= 0.6 is 34.4 Å². The molecular formula is C18H19N3O2S3. The number of hydrogen-bond donors (Lipinski definition) is 1. The quantitative estimate of drug-likeness (QED) is 0.582. The fourth-order valence-electron chi connectivity index (χ4n) is 2.33. The Hall–Kier alpha value is -1.90. The van der Waals surface area contributed by atoms with Gasteiger partial charge in [0.1, 0.15) is 0 Å². The third kappa shape index (κ3) is 5.06. The maximum Gasteiger partial charge on any atom is 0.239 e. The van der Waals surface area contributed by atoms with E-state index < -0.39 is 0 Å². The van der Waals surface area contributed by atoms with Gasteiger partial charge in [-0.2, -0.15) is 0 Å². The molecule has 0 radical (unpaired) electrons. The van der Waals surface area contributed by atoms with Crippen LogP contribution in [0.25, 0.3) is 10.2 Å². The number of thioether (sulfide) groups is 1. The van der Waals surface area contributed by atoms with Crippen LogP contribution in [0.3, 0.4) is 0 Å². The summed E-state index contributed by atoms with van der Waals surface area (Å²) >= 11 is 4.60. The van der Waals surface area contributed by atoms with E-state index in [-0.39, 0.29) is 24.1 Å². The minimum atomic E-state index is -0.140. The lowest BCUT2D eigenvalue weighted by Gasteiger charge is -2.19. The summed E-state index contributed by atoms with van der Waals surface area (Å²) in [6, 6.07) is 11.8. The second-order valence-corrected chi connectivity index (χ2v) is 8.79. The number of nitrogens with zero attached hydrogens (tertiary/aromatic N) is 2. The molecule has 0 saturated heterocycles. The molecule has 2 amide bonds. The van der Waals surface area contributed by atoms with E-state index in [4.69, 9.17) is 0 Å². The van der Waals surface area contributed by atoms with Crippen LogP contribution in [0.5, 0.6) is 0 Å². The molecule has 136 valence electrons. The van der Waals surface area contributed by atoms with E-state index in [1.807, 2.05) is 48.7 Å². The number of carbonyl (C=O) groups excluding carboxylic acids is 2. The summed E-state index contributed by atoms with van der Waals surface area (Å²) in [5.41, 5.74) is 0.952. The maximum absolute atomic E-state index is 12.4. The zero-order chi connectivity index (χ0) is 18.4. The predicted octanol–water partition coefficient (Wildman–Crippen LogP) is 3.61. The minimum Gasteiger partial charge on any atom is -0.350 e. The van der Waals surface area contributed by atoms with Gasteiger partial charge >= 0.3 is 0 Å². The van der Waals surface area contributed by atoms with Crippen molar-refractivity contribution >= 4 is 56.5 Å². The highest BCUT2D eigenvalue weighted by Gasteiger charge is 2.16. The van der Waals surface area contributed by atoms with Crippen molar-refractivity contribution in [1.29, 1.82) is 0 Å². The maximum atomic E-state index is 12.4. The zero-order valence-electron chi connectivity index (χ0n) is 14.3. The molecule has 0 bridgehead atoms. The van der Waals surface area contributed by atoms with Crippen LogP contribution in [0.2, 0.25) is 0 Å². The molecule has 0 aliphatic rings. The lowest BCUT2D eigenvalue weighted by molar-refractivity contribution is -0.133. The van der Waals surface area contributed by atoms with Gasteiger partial charge in [0.15, 0.2) is 4.34 Å². The molecule has 5 nitrogen and oxygen atoms in total. The van der Waals surface area contributed by atoms with Crippen molar-refractivity contribution in [3.8, 4) is 0 Å². The Labute approximate surface area is 164 Å². The number of thiophene rings is 1. The number of benzene rings is 1. The van der Waals surface area contributed by atoms with Crippen molar-refractivity contribution in [2.45, 2.75) is 17.8 Å². The predicted molar refractivity (Wildman–Crippen MR) is 109 cm³/mol. The number of fused-ring (bicyclic) bond motifs is 1. The highest BCUT2D eigenvalue weighted by molar-refractivity contribution is 8.01. The van der Waals surface area contributed by atoms with Gasteiger partial charge in [0.05, 0.1) is 29.1 Å². The molecule has 0 atom stereocenters. The van der Waals surface area contributed by atoms with E-state index in [2.05, 4.69) is 10.3 Å². The lowest BCUT2D eigenvalue weighted by atomic mass is 10.3. The van der Waals surface area contributed by atoms with Gasteiger partial charge in [0.2, 0.25) is 11.8 Å². The molecule has 0 aliphatic carbocycles. The molecule has 0 fully saturated rings. The zero-order valence-corrected chi connectivity index (χ0v) is 16.8. The van der Waals surface area contributed by atoms with E-state index in [9.17, 15) is 9.59 Å². The van der Waals surface area contributed by atoms with Crippen LogP contribution in [0.4, 0.5) is 0 Å². The van der Waals surface area contributed by atoms with Crippen molar-refractivity contribution in [2.24, 2.45) is 0 Å². The highest BCUT2D eigenvalue weighted by Crippen LogP contribution is 2.29. The van der Waals surface area contributed by atoms with Crippen molar-refractivity contribution in [1.82, 2.24) is 15.2 Å². The molecule has 26 heavy (non-hydrogen) atoms.